The molecule has 0 bridgehead atoms. The van der Waals surface area contributed by atoms with Gasteiger partial charge < -0.3 is 0 Å². The highest BCUT2D eigenvalue weighted by Crippen LogP contribution is 2.24. The number of pyridine rings is 2. The zero-order valence-electron chi connectivity index (χ0n) is 13.4. The maximum Gasteiger partial charge on any atom is 0.259 e. The predicted molar refractivity (Wildman–Crippen MR) is 99.8 cm³/mol. The van der Waals surface area contributed by atoms with Gasteiger partial charge in [0.25, 0.3) is 5.91 Å². The zero-order chi connectivity index (χ0) is 17.2. The van der Waals surface area contributed by atoms with E-state index in [9.17, 15) is 4.79 Å². The van der Waals surface area contributed by atoms with E-state index >= 15 is 0 Å². The molecule has 3 heterocycles. The van der Waals surface area contributed by atoms with Crippen molar-refractivity contribution in [2.75, 3.05) is 5.32 Å². The van der Waals surface area contributed by atoms with Crippen LogP contribution >= 0.6 is 11.3 Å². The van der Waals surface area contributed by atoms with E-state index in [1.54, 1.807) is 24.7 Å². The van der Waals surface area contributed by atoms with Gasteiger partial charge in [-0.2, -0.15) is 0 Å². The van der Waals surface area contributed by atoms with Gasteiger partial charge in [-0.25, -0.2) is 9.97 Å². The number of fused-ring (bicyclic) bond motifs is 1. The Kier molecular flexibility index (Phi) is 3.95. The first kappa shape index (κ1) is 15.4. The van der Waals surface area contributed by atoms with E-state index in [0.717, 1.165) is 22.2 Å². The molecule has 5 nitrogen and oxygen atoms in total. The van der Waals surface area contributed by atoms with Crippen LogP contribution in [0.2, 0.25) is 0 Å². The third kappa shape index (κ3) is 3.12. The summed E-state index contributed by atoms with van der Waals surface area (Å²) < 4.78 is 0. The van der Waals surface area contributed by atoms with E-state index in [1.807, 2.05) is 42.6 Å². The second-order valence-electron chi connectivity index (χ2n) is 5.62. The first-order valence-electron chi connectivity index (χ1n) is 7.73. The van der Waals surface area contributed by atoms with E-state index in [4.69, 9.17) is 4.98 Å². The standard InChI is InChI=1S/C19H14N4OS/c1-12-9-14(11-20-10-12)16-6-5-13-3-2-4-15(17(13)22-16)18(24)23-19-21-7-8-25-19/h2-11H,1H3,(H,21,23,24). The van der Waals surface area contributed by atoms with Crippen molar-refractivity contribution in [3.8, 4) is 11.3 Å². The first-order valence-corrected chi connectivity index (χ1v) is 8.61. The van der Waals surface area contributed by atoms with Gasteiger partial charge in [0, 0.05) is 34.9 Å². The molecule has 0 fully saturated rings. The fourth-order valence-corrected chi connectivity index (χ4v) is 3.16. The Labute approximate surface area is 148 Å². The van der Waals surface area contributed by atoms with Crippen molar-refractivity contribution in [3.05, 3.63) is 71.5 Å². The van der Waals surface area contributed by atoms with Crippen molar-refractivity contribution in [1.29, 1.82) is 0 Å². The SMILES string of the molecule is Cc1cncc(-c2ccc3cccc(C(=O)Nc4nccs4)c3n2)c1. The number of aromatic nitrogens is 3. The van der Waals surface area contributed by atoms with Crippen molar-refractivity contribution >= 4 is 33.3 Å². The molecular weight excluding hydrogens is 332 g/mol. The minimum atomic E-state index is -0.215. The van der Waals surface area contributed by atoms with Crippen LogP contribution in [-0.4, -0.2) is 20.9 Å². The summed E-state index contributed by atoms with van der Waals surface area (Å²) in [4.78, 5) is 25.7. The molecule has 0 saturated heterocycles. The minimum absolute atomic E-state index is 0.215. The van der Waals surface area contributed by atoms with Crippen LogP contribution in [0.15, 0.2) is 60.4 Å². The van der Waals surface area contributed by atoms with Crippen LogP contribution in [0.5, 0.6) is 0 Å². The summed E-state index contributed by atoms with van der Waals surface area (Å²) in [5, 5.41) is 6.12. The summed E-state index contributed by atoms with van der Waals surface area (Å²) in [5.41, 5.74) is 3.97. The Bertz CT molecular complexity index is 1060. The highest BCUT2D eigenvalue weighted by molar-refractivity contribution is 7.13. The number of thiazole rings is 1. The molecule has 122 valence electrons. The lowest BCUT2D eigenvalue weighted by Crippen LogP contribution is -2.12. The Morgan fingerprint density at radius 1 is 1.16 bits per heavy atom. The highest BCUT2D eigenvalue weighted by atomic mass is 32.1. The highest BCUT2D eigenvalue weighted by Gasteiger charge is 2.13. The number of para-hydroxylation sites is 1. The van der Waals surface area contributed by atoms with E-state index < -0.39 is 0 Å². The van der Waals surface area contributed by atoms with Gasteiger partial charge in [-0.1, -0.05) is 18.2 Å². The van der Waals surface area contributed by atoms with Gasteiger partial charge in [0.05, 0.1) is 16.8 Å². The molecule has 0 aliphatic heterocycles. The lowest BCUT2D eigenvalue weighted by atomic mass is 10.1. The number of benzene rings is 1. The third-order valence-corrected chi connectivity index (χ3v) is 4.48. The molecule has 0 aliphatic rings. The summed E-state index contributed by atoms with van der Waals surface area (Å²) in [7, 11) is 0. The fraction of sp³-hybridized carbons (Fsp3) is 0.0526. The second-order valence-corrected chi connectivity index (χ2v) is 6.51. The maximum absolute atomic E-state index is 12.6. The minimum Gasteiger partial charge on any atom is -0.298 e. The second kappa shape index (κ2) is 6.41. The van der Waals surface area contributed by atoms with E-state index in [0.29, 0.717) is 16.2 Å². The number of anilines is 1. The number of hydrogen-bond acceptors (Lipinski definition) is 5. The van der Waals surface area contributed by atoms with Gasteiger partial charge in [0.2, 0.25) is 0 Å². The normalized spacial score (nSPS) is 10.8. The van der Waals surface area contributed by atoms with Crippen LogP contribution < -0.4 is 5.32 Å². The number of nitrogens with one attached hydrogen (secondary N) is 1. The van der Waals surface area contributed by atoms with Gasteiger partial charge in [0.1, 0.15) is 0 Å². The first-order chi connectivity index (χ1) is 12.2. The average molecular weight is 346 g/mol. The molecule has 0 spiro atoms. The molecule has 1 amide bonds. The smallest absolute Gasteiger partial charge is 0.259 e. The molecule has 4 aromatic rings. The van der Waals surface area contributed by atoms with Crippen molar-refractivity contribution in [2.24, 2.45) is 0 Å². The van der Waals surface area contributed by atoms with Crippen LogP contribution in [0.4, 0.5) is 5.13 Å². The molecule has 4 rings (SSSR count). The van der Waals surface area contributed by atoms with Crippen molar-refractivity contribution < 1.29 is 4.79 Å². The number of carbonyl (C=O) groups is 1. The van der Waals surface area contributed by atoms with E-state index in [-0.39, 0.29) is 5.91 Å². The average Bonchev–Trinajstić information content (AvgIpc) is 3.13. The molecule has 0 saturated carbocycles. The Hall–Kier alpha value is -3.12. The topological polar surface area (TPSA) is 67.8 Å². The van der Waals surface area contributed by atoms with E-state index in [1.165, 1.54) is 11.3 Å². The number of hydrogen-bond donors (Lipinski definition) is 1. The summed E-state index contributed by atoms with van der Waals surface area (Å²) >= 11 is 1.38. The molecule has 1 aromatic carbocycles. The summed E-state index contributed by atoms with van der Waals surface area (Å²) in [6, 6.07) is 11.5. The monoisotopic (exact) mass is 346 g/mol. The van der Waals surface area contributed by atoms with Crippen molar-refractivity contribution in [2.45, 2.75) is 6.92 Å². The van der Waals surface area contributed by atoms with Gasteiger partial charge >= 0.3 is 0 Å². The van der Waals surface area contributed by atoms with E-state index in [2.05, 4.69) is 15.3 Å². The molecule has 0 atom stereocenters. The summed E-state index contributed by atoms with van der Waals surface area (Å²) in [6.45, 7) is 1.99. The molecular formula is C19H14N4OS. The molecule has 6 heteroatoms. The summed E-state index contributed by atoms with van der Waals surface area (Å²) in [5.74, 6) is -0.215. The number of nitrogens with zero attached hydrogens (tertiary/aromatic N) is 3. The van der Waals surface area contributed by atoms with Crippen LogP contribution in [0.1, 0.15) is 15.9 Å². The van der Waals surface area contributed by atoms with Crippen LogP contribution in [0, 0.1) is 6.92 Å². The molecule has 3 aromatic heterocycles. The fourth-order valence-electron chi connectivity index (χ4n) is 2.64. The number of amides is 1. The summed E-state index contributed by atoms with van der Waals surface area (Å²) in [6.07, 6.45) is 5.24. The zero-order valence-corrected chi connectivity index (χ0v) is 14.2. The quantitative estimate of drug-likeness (QED) is 0.600. The van der Waals surface area contributed by atoms with Gasteiger partial charge in [0.15, 0.2) is 5.13 Å². The maximum atomic E-state index is 12.6. The van der Waals surface area contributed by atoms with Crippen molar-refractivity contribution in [1.82, 2.24) is 15.0 Å². The Morgan fingerprint density at radius 2 is 2.08 bits per heavy atom. The molecule has 0 radical (unpaired) electrons. The lowest BCUT2D eigenvalue weighted by Gasteiger charge is -2.08. The molecule has 0 unspecified atom stereocenters. The molecule has 25 heavy (non-hydrogen) atoms. The van der Waals surface area contributed by atoms with Gasteiger partial charge in [-0.15, -0.1) is 11.3 Å². The number of carbonyl (C=O) groups excluding carboxylic acids is 1. The van der Waals surface area contributed by atoms with Crippen LogP contribution in [0.3, 0.4) is 0 Å². The van der Waals surface area contributed by atoms with Crippen LogP contribution in [-0.2, 0) is 0 Å². The van der Waals surface area contributed by atoms with Crippen molar-refractivity contribution in [3.63, 3.8) is 0 Å². The predicted octanol–water partition coefficient (Wildman–Crippen LogP) is 4.31. The number of aryl methyl sites for hydroxylation is 1. The third-order valence-electron chi connectivity index (χ3n) is 3.79. The molecule has 1 N–H and O–H groups in total. The lowest BCUT2D eigenvalue weighted by molar-refractivity contribution is 0.102. The largest absolute Gasteiger partial charge is 0.298 e. The van der Waals surface area contributed by atoms with Gasteiger partial charge in [-0.05, 0) is 30.7 Å². The van der Waals surface area contributed by atoms with Gasteiger partial charge in [-0.3, -0.25) is 15.1 Å². The Morgan fingerprint density at radius 3 is 2.88 bits per heavy atom. The Balaban J connectivity index is 1.79. The molecule has 0 aliphatic carbocycles. The number of rotatable bonds is 3. The van der Waals surface area contributed by atoms with Crippen LogP contribution in [0.25, 0.3) is 22.2 Å².